The van der Waals surface area contributed by atoms with E-state index in [1.54, 1.807) is 12.8 Å². The standard InChI is InChI=1S/C13H21.C5H5.Fe/c1-6-10-8-9-12(11(10)7-2)13(3,4)5;1-2-4-5-3-1;/h8-9H,6-7H2,1-5H3;1-5H;. The zero-order chi connectivity index (χ0) is 12.8. The Morgan fingerprint density at radius 2 is 1.37 bits per heavy atom. The predicted octanol–water partition coefficient (Wildman–Crippen LogP) is 6.35. The summed E-state index contributed by atoms with van der Waals surface area (Å²) < 4.78 is 3.20. The Morgan fingerprint density at radius 3 is 1.63 bits per heavy atom. The van der Waals surface area contributed by atoms with Gasteiger partial charge in [0.25, 0.3) is 0 Å². The molecule has 10 aliphatic rings. The van der Waals surface area contributed by atoms with E-state index in [-0.39, 0.29) is 0 Å². The molecule has 10 aliphatic heterocycles. The molecule has 10 rings (SSSR count). The summed E-state index contributed by atoms with van der Waals surface area (Å²) >= 11 is 0. The van der Waals surface area contributed by atoms with Gasteiger partial charge in [0.05, 0.1) is 0 Å². The Balaban J connectivity index is 1.70. The first-order valence-corrected chi connectivity index (χ1v) is 15.0. The van der Waals surface area contributed by atoms with Crippen LogP contribution >= 0.6 is 0 Å². The van der Waals surface area contributed by atoms with Crippen LogP contribution in [0.25, 0.3) is 0 Å². The van der Waals surface area contributed by atoms with Crippen LogP contribution in [0.4, 0.5) is 0 Å². The Hall–Kier alpha value is 0.519. The van der Waals surface area contributed by atoms with E-state index in [2.05, 4.69) is 34.6 Å². The predicted molar refractivity (Wildman–Crippen MR) is 74.4 cm³/mol. The first-order chi connectivity index (χ1) is 8.70. The van der Waals surface area contributed by atoms with Crippen molar-refractivity contribution < 1.29 is 6.51 Å². The van der Waals surface area contributed by atoms with Crippen LogP contribution in [-0.2, 0) is 6.51 Å². The van der Waals surface area contributed by atoms with Crippen LogP contribution in [0.1, 0.15) is 47.5 Å². The van der Waals surface area contributed by atoms with E-state index in [4.69, 9.17) is 0 Å². The Labute approximate surface area is 106 Å². The summed E-state index contributed by atoms with van der Waals surface area (Å²) in [7, 11) is 0. The zero-order valence-electron chi connectivity index (χ0n) is 12.8. The van der Waals surface area contributed by atoms with Crippen molar-refractivity contribution in [3.8, 4) is 0 Å². The fraction of sp³-hybridized carbons (Fsp3) is 1.00. The van der Waals surface area contributed by atoms with Crippen molar-refractivity contribution in [2.75, 3.05) is 0 Å². The number of hydrogen-bond donors (Lipinski definition) is 0. The summed E-state index contributed by atoms with van der Waals surface area (Å²) in [6, 6.07) is 0. The summed E-state index contributed by atoms with van der Waals surface area (Å²) in [4.78, 5) is 10.3. The monoisotopic (exact) mass is 298 g/mol. The third kappa shape index (κ3) is 0.0768. The van der Waals surface area contributed by atoms with Gasteiger partial charge in [-0.3, -0.25) is 0 Å². The molecule has 0 radical (unpaired) electrons. The second-order valence-electron chi connectivity index (χ2n) is 13.1. The van der Waals surface area contributed by atoms with Crippen molar-refractivity contribution >= 4 is 0 Å². The van der Waals surface area contributed by atoms with Crippen molar-refractivity contribution in [2.45, 2.75) is 94.1 Å². The molecular formula is C18H26Fe. The topological polar surface area (TPSA) is 0 Å². The second kappa shape index (κ2) is 0.664. The maximum absolute atomic E-state index is 3.12. The van der Waals surface area contributed by atoms with E-state index in [0.29, 0.717) is 5.41 Å². The van der Waals surface area contributed by atoms with Crippen LogP contribution in [0.5, 0.6) is 0 Å². The minimum atomic E-state index is -3.12. The molecule has 0 aromatic heterocycles. The van der Waals surface area contributed by atoms with Gasteiger partial charge in [0.15, 0.2) is 0 Å². The van der Waals surface area contributed by atoms with Crippen molar-refractivity contribution in [1.29, 1.82) is 0 Å². The maximum atomic E-state index is 2.69. The Bertz CT molecular complexity index is 1060. The van der Waals surface area contributed by atoms with Crippen LogP contribution in [0.15, 0.2) is 0 Å². The van der Waals surface area contributed by atoms with Gasteiger partial charge >= 0.3 is 106 Å². The molecule has 19 heavy (non-hydrogen) atoms. The van der Waals surface area contributed by atoms with Crippen LogP contribution in [-0.4, -0.2) is 0 Å². The first-order valence-electron chi connectivity index (χ1n) is 8.91. The van der Waals surface area contributed by atoms with Crippen LogP contribution < -0.4 is 0 Å². The molecule has 0 nitrogen and oxygen atoms in total. The molecule has 1 heteroatoms. The third-order valence-electron chi connectivity index (χ3n) is 17.8. The molecule has 0 N–H and O–H groups in total. The molecule has 0 aromatic rings. The molecule has 0 aromatic carbocycles. The molecule has 0 saturated carbocycles. The molecule has 10 heterocycles. The van der Waals surface area contributed by atoms with E-state index in [0.717, 1.165) is 12.9 Å². The molecule has 0 aliphatic carbocycles. The van der Waals surface area contributed by atoms with E-state index in [1.165, 1.54) is 33.7 Å². The molecule has 10 saturated heterocycles. The molecule has 0 bridgehead atoms. The average molecular weight is 298 g/mol. The van der Waals surface area contributed by atoms with Gasteiger partial charge in [-0.1, -0.05) is 0 Å². The van der Waals surface area contributed by atoms with Gasteiger partial charge in [-0.05, 0) is 0 Å². The first kappa shape index (κ1) is 8.23. The molecule has 1 spiro atoms. The Kier molecular flexibility index (Phi) is 0.288. The molecule has 10 fully saturated rings. The van der Waals surface area contributed by atoms with Gasteiger partial charge in [-0.25, -0.2) is 0 Å². The molecule has 5 unspecified atom stereocenters. The van der Waals surface area contributed by atoms with Crippen molar-refractivity contribution in [3.63, 3.8) is 0 Å². The number of fused-ring (bicyclic) bond motifs is 10. The van der Waals surface area contributed by atoms with Gasteiger partial charge in [0.2, 0.25) is 0 Å². The van der Waals surface area contributed by atoms with Crippen LogP contribution in [0.3, 0.4) is 0 Å². The van der Waals surface area contributed by atoms with E-state index in [1.807, 2.05) is 0 Å². The van der Waals surface area contributed by atoms with E-state index >= 15 is 0 Å². The number of rotatable bonds is 2. The normalized spacial score (nSPS) is 117. The van der Waals surface area contributed by atoms with Crippen LogP contribution in [0, 0.1) is 5.41 Å². The van der Waals surface area contributed by atoms with Gasteiger partial charge in [-0.15, -0.1) is 0 Å². The summed E-state index contributed by atoms with van der Waals surface area (Å²) in [6.45, 7) is 10.2. The van der Waals surface area contributed by atoms with Crippen molar-refractivity contribution in [2.24, 2.45) is 5.41 Å². The van der Waals surface area contributed by atoms with Gasteiger partial charge < -0.3 is 0 Å². The molecule has 0 amide bonds. The number of hydrogen-bond acceptors (Lipinski definition) is 0. The van der Waals surface area contributed by atoms with Gasteiger partial charge in [0.1, 0.15) is 0 Å². The fourth-order valence-electron chi connectivity index (χ4n) is 22.3. The average Bonchev–Trinajstić information content (AvgIpc) is 3.29. The quantitative estimate of drug-likeness (QED) is 0.521. The third-order valence-corrected chi connectivity index (χ3v) is 63.1. The molecule has 5 atom stereocenters. The van der Waals surface area contributed by atoms with Crippen molar-refractivity contribution in [3.05, 3.63) is 0 Å². The zero-order valence-corrected chi connectivity index (χ0v) is 13.9. The van der Waals surface area contributed by atoms with Crippen molar-refractivity contribution in [1.82, 2.24) is 0 Å². The second-order valence-corrected chi connectivity index (χ2v) is 36.2. The van der Waals surface area contributed by atoms with Gasteiger partial charge in [0, 0.05) is 0 Å². The summed E-state index contributed by atoms with van der Waals surface area (Å²) in [5.74, 6) is 0. The van der Waals surface area contributed by atoms with Crippen LogP contribution in [0.2, 0.25) is 46.7 Å². The SMILES string of the molecule is CC[C]12[CH]3[CH]4[C]5(C(C)(C)C)[C]1(CC)[Fe]34251678[CH]2[CH]1[CH]6[CH]7[CH]28. The van der Waals surface area contributed by atoms with Gasteiger partial charge in [-0.2, -0.15) is 0 Å². The van der Waals surface area contributed by atoms with E-state index in [9.17, 15) is 0 Å². The summed E-state index contributed by atoms with van der Waals surface area (Å²) in [5, 5.41) is 0. The summed E-state index contributed by atoms with van der Waals surface area (Å²) in [6.07, 6.45) is 3.28. The van der Waals surface area contributed by atoms with E-state index < -0.39 is 6.51 Å². The fourth-order valence-corrected chi connectivity index (χ4v) is 107. The summed E-state index contributed by atoms with van der Waals surface area (Å²) in [5.41, 5.74) is 0.676. The molecular weight excluding hydrogens is 272 g/mol. The minimum absolute atomic E-state index is 0.676. The molecule has 106 valence electrons. The Morgan fingerprint density at radius 1 is 0.842 bits per heavy atom.